The Morgan fingerprint density at radius 3 is 2.78 bits per heavy atom. The molecule has 7 nitrogen and oxygen atoms in total. The number of pyridine rings is 1. The van der Waals surface area contributed by atoms with Gasteiger partial charge in [-0.1, -0.05) is 29.3 Å². The number of carbonyl (C=O) groups excluding carboxylic acids is 1. The minimum absolute atomic E-state index is 0.187. The molecule has 1 aromatic heterocycles. The summed E-state index contributed by atoms with van der Waals surface area (Å²) in [4.78, 5) is 32.7. The average molecular weight is 455 g/mol. The second kappa shape index (κ2) is 10.2. The number of morpholine rings is 1. The van der Waals surface area contributed by atoms with Gasteiger partial charge in [-0.25, -0.2) is 4.79 Å². The minimum atomic E-state index is -0.274. The van der Waals surface area contributed by atoms with Crippen LogP contribution in [-0.2, 0) is 11.3 Å². The molecule has 1 aliphatic rings. The number of aromatic amines is 1. The van der Waals surface area contributed by atoms with E-state index >= 15 is 0 Å². The van der Waals surface area contributed by atoms with Crippen LogP contribution in [0.3, 0.4) is 0 Å². The van der Waals surface area contributed by atoms with Crippen LogP contribution in [0.4, 0.5) is 10.5 Å². The van der Waals surface area contributed by atoms with Crippen LogP contribution in [-0.4, -0.2) is 60.2 Å². The highest BCUT2D eigenvalue weighted by molar-refractivity contribution is 6.30. The number of urea groups is 1. The van der Waals surface area contributed by atoms with Crippen molar-refractivity contribution in [2.45, 2.75) is 13.5 Å². The molecule has 0 bridgehead atoms. The Labute approximate surface area is 191 Å². The second-order valence-electron chi connectivity index (χ2n) is 8.03. The van der Waals surface area contributed by atoms with E-state index in [1.54, 1.807) is 29.2 Å². The van der Waals surface area contributed by atoms with E-state index in [1.807, 2.05) is 31.2 Å². The number of carbonyl (C=O) groups is 1. The van der Waals surface area contributed by atoms with E-state index in [2.05, 4.69) is 15.2 Å². The molecule has 1 saturated heterocycles. The number of fused-ring (bicyclic) bond motifs is 1. The lowest BCUT2D eigenvalue weighted by atomic mass is 10.1. The fourth-order valence-electron chi connectivity index (χ4n) is 3.80. The predicted octanol–water partition coefficient (Wildman–Crippen LogP) is 3.86. The van der Waals surface area contributed by atoms with Crippen LogP contribution in [0.15, 0.2) is 53.3 Å². The molecule has 4 rings (SSSR count). The van der Waals surface area contributed by atoms with Crippen molar-refractivity contribution in [1.82, 2.24) is 14.8 Å². The summed E-state index contributed by atoms with van der Waals surface area (Å²) < 4.78 is 5.41. The van der Waals surface area contributed by atoms with Gasteiger partial charge in [0.25, 0.3) is 5.56 Å². The zero-order chi connectivity index (χ0) is 22.5. The molecule has 168 valence electrons. The number of amides is 2. The maximum atomic E-state index is 13.1. The summed E-state index contributed by atoms with van der Waals surface area (Å²) in [6.07, 6.45) is 0. The van der Waals surface area contributed by atoms with Gasteiger partial charge in [0.05, 0.1) is 19.8 Å². The first-order valence-corrected chi connectivity index (χ1v) is 11.1. The molecule has 0 radical (unpaired) electrons. The molecule has 2 amide bonds. The molecule has 0 aliphatic carbocycles. The van der Waals surface area contributed by atoms with Crippen molar-refractivity contribution in [3.63, 3.8) is 0 Å². The number of aryl methyl sites for hydroxylation is 1. The molecule has 3 aromatic rings. The topological polar surface area (TPSA) is 77.7 Å². The van der Waals surface area contributed by atoms with Crippen LogP contribution in [0.1, 0.15) is 11.1 Å². The quantitative estimate of drug-likeness (QED) is 0.593. The Balaban J connectivity index is 1.56. The van der Waals surface area contributed by atoms with Crippen LogP contribution < -0.4 is 10.9 Å². The highest BCUT2D eigenvalue weighted by Gasteiger charge is 2.19. The average Bonchev–Trinajstić information content (AvgIpc) is 2.78. The van der Waals surface area contributed by atoms with E-state index in [0.29, 0.717) is 42.6 Å². The van der Waals surface area contributed by atoms with E-state index < -0.39 is 0 Å². The van der Waals surface area contributed by atoms with E-state index in [1.165, 1.54) is 0 Å². The van der Waals surface area contributed by atoms with Gasteiger partial charge in [0.1, 0.15) is 0 Å². The molecule has 8 heteroatoms. The lowest BCUT2D eigenvalue weighted by Crippen LogP contribution is -2.44. The molecule has 0 saturated carbocycles. The van der Waals surface area contributed by atoms with E-state index in [9.17, 15) is 9.59 Å². The van der Waals surface area contributed by atoms with Gasteiger partial charge in [-0.3, -0.25) is 9.69 Å². The maximum absolute atomic E-state index is 13.1. The maximum Gasteiger partial charge on any atom is 0.322 e. The molecule has 2 heterocycles. The lowest BCUT2D eigenvalue weighted by molar-refractivity contribution is 0.0349. The standard InChI is InChI=1S/C24H27ClN4O3/c1-17-5-6-22-18(13-17)14-19(23(30)27-22)16-29(8-7-28-9-11-32-12-10-28)24(31)26-21-4-2-3-20(25)15-21/h2-6,13-15H,7-12,16H2,1H3,(H,26,31)(H,27,30). The largest absolute Gasteiger partial charge is 0.379 e. The Hall–Kier alpha value is -2.87. The fraction of sp³-hybridized carbons (Fsp3) is 0.333. The molecule has 0 spiro atoms. The van der Waals surface area contributed by atoms with Crippen molar-refractivity contribution in [2.24, 2.45) is 0 Å². The second-order valence-corrected chi connectivity index (χ2v) is 8.47. The van der Waals surface area contributed by atoms with Gasteiger partial charge in [-0.15, -0.1) is 0 Å². The number of hydrogen-bond donors (Lipinski definition) is 2. The van der Waals surface area contributed by atoms with E-state index in [4.69, 9.17) is 16.3 Å². The van der Waals surface area contributed by atoms with Gasteiger partial charge < -0.3 is 19.9 Å². The monoisotopic (exact) mass is 454 g/mol. The number of nitrogens with zero attached hydrogens (tertiary/aromatic N) is 2. The van der Waals surface area contributed by atoms with Crippen LogP contribution in [0.2, 0.25) is 5.02 Å². The Kier molecular flexibility index (Phi) is 7.09. The summed E-state index contributed by atoms with van der Waals surface area (Å²) in [5.74, 6) is 0. The molecule has 1 aliphatic heterocycles. The number of halogens is 1. The SMILES string of the molecule is Cc1ccc2[nH]c(=O)c(CN(CCN3CCOCC3)C(=O)Nc3cccc(Cl)c3)cc2c1. The summed E-state index contributed by atoms with van der Waals surface area (Å²) in [6, 6.07) is 14.5. The van der Waals surface area contributed by atoms with Gasteiger partial charge in [0, 0.05) is 48.0 Å². The highest BCUT2D eigenvalue weighted by atomic mass is 35.5. The molecular formula is C24H27ClN4O3. The smallest absolute Gasteiger partial charge is 0.322 e. The van der Waals surface area contributed by atoms with E-state index in [-0.39, 0.29) is 18.1 Å². The summed E-state index contributed by atoms with van der Waals surface area (Å²) in [7, 11) is 0. The van der Waals surface area contributed by atoms with Gasteiger partial charge in [0.15, 0.2) is 0 Å². The first kappa shape index (κ1) is 22.3. The number of rotatable bonds is 6. The molecule has 0 unspecified atom stereocenters. The number of nitrogens with one attached hydrogen (secondary N) is 2. The van der Waals surface area contributed by atoms with Crippen molar-refractivity contribution in [2.75, 3.05) is 44.7 Å². The van der Waals surface area contributed by atoms with Gasteiger partial charge in [-0.05, 0) is 48.7 Å². The molecule has 2 N–H and O–H groups in total. The number of H-pyrrole nitrogens is 1. The zero-order valence-electron chi connectivity index (χ0n) is 18.1. The van der Waals surface area contributed by atoms with Crippen molar-refractivity contribution in [3.05, 3.63) is 75.0 Å². The van der Waals surface area contributed by atoms with Gasteiger partial charge in [-0.2, -0.15) is 0 Å². The number of anilines is 1. The minimum Gasteiger partial charge on any atom is -0.379 e. The van der Waals surface area contributed by atoms with Crippen LogP contribution >= 0.6 is 11.6 Å². The highest BCUT2D eigenvalue weighted by Crippen LogP contribution is 2.17. The Morgan fingerprint density at radius 1 is 1.19 bits per heavy atom. The van der Waals surface area contributed by atoms with Crippen LogP contribution in [0.5, 0.6) is 0 Å². The molecule has 0 atom stereocenters. The van der Waals surface area contributed by atoms with Crippen LogP contribution in [0.25, 0.3) is 10.9 Å². The van der Waals surface area contributed by atoms with Crippen molar-refractivity contribution < 1.29 is 9.53 Å². The lowest BCUT2D eigenvalue weighted by Gasteiger charge is -2.30. The summed E-state index contributed by atoms with van der Waals surface area (Å²) in [5.41, 5.74) is 2.87. The summed E-state index contributed by atoms with van der Waals surface area (Å²) in [6.45, 7) is 6.46. The van der Waals surface area contributed by atoms with E-state index in [0.717, 1.165) is 29.6 Å². The molecule has 32 heavy (non-hydrogen) atoms. The Bertz CT molecular complexity index is 1160. The number of ether oxygens (including phenoxy) is 1. The van der Waals surface area contributed by atoms with Crippen molar-refractivity contribution >= 4 is 34.2 Å². The van der Waals surface area contributed by atoms with Gasteiger partial charge >= 0.3 is 6.03 Å². The van der Waals surface area contributed by atoms with Crippen LogP contribution in [0, 0.1) is 6.92 Å². The number of aromatic nitrogens is 1. The third-order valence-corrected chi connectivity index (χ3v) is 5.83. The number of hydrogen-bond acceptors (Lipinski definition) is 4. The summed E-state index contributed by atoms with van der Waals surface area (Å²) >= 11 is 6.06. The number of benzene rings is 2. The van der Waals surface area contributed by atoms with Gasteiger partial charge in [0.2, 0.25) is 0 Å². The normalized spacial score (nSPS) is 14.4. The predicted molar refractivity (Wildman–Crippen MR) is 127 cm³/mol. The van der Waals surface area contributed by atoms with Crippen molar-refractivity contribution in [3.8, 4) is 0 Å². The molecule has 1 fully saturated rings. The Morgan fingerprint density at radius 2 is 2.00 bits per heavy atom. The third kappa shape index (κ3) is 5.68. The first-order valence-electron chi connectivity index (χ1n) is 10.7. The molecule has 2 aromatic carbocycles. The van der Waals surface area contributed by atoms with Crippen molar-refractivity contribution in [1.29, 1.82) is 0 Å². The zero-order valence-corrected chi connectivity index (χ0v) is 18.8. The molecular weight excluding hydrogens is 428 g/mol. The third-order valence-electron chi connectivity index (χ3n) is 5.59. The summed E-state index contributed by atoms with van der Waals surface area (Å²) in [5, 5.41) is 4.40. The fourth-order valence-corrected chi connectivity index (χ4v) is 3.99. The first-order chi connectivity index (χ1) is 15.5.